The van der Waals surface area contributed by atoms with Crippen molar-refractivity contribution in [3.63, 3.8) is 0 Å². The van der Waals surface area contributed by atoms with Crippen LogP contribution in [0.2, 0.25) is 5.02 Å². The molecule has 0 bridgehead atoms. The maximum Gasteiger partial charge on any atom is 0.271 e. The van der Waals surface area contributed by atoms with Crippen molar-refractivity contribution < 1.29 is 4.92 Å². The first kappa shape index (κ1) is 12.7. The Bertz CT molecular complexity index is 384. The van der Waals surface area contributed by atoms with Gasteiger partial charge in [-0.25, -0.2) is 0 Å². The van der Waals surface area contributed by atoms with Crippen LogP contribution in [0.5, 0.6) is 0 Å². The van der Waals surface area contributed by atoms with Crippen molar-refractivity contribution in [1.82, 2.24) is 0 Å². The van der Waals surface area contributed by atoms with Gasteiger partial charge >= 0.3 is 0 Å². The molecule has 6 heteroatoms. The monoisotopic (exact) mass is 243 g/mol. The molecule has 0 spiro atoms. The minimum Gasteiger partial charge on any atom is -0.373 e. The number of hydrogen-bond donors (Lipinski definition) is 1. The minimum atomic E-state index is -0.463. The van der Waals surface area contributed by atoms with Gasteiger partial charge in [-0.1, -0.05) is 11.6 Å². The molecule has 88 valence electrons. The zero-order valence-electron chi connectivity index (χ0n) is 9.02. The van der Waals surface area contributed by atoms with E-state index in [1.165, 1.54) is 12.1 Å². The Morgan fingerprint density at radius 3 is 2.75 bits per heavy atom. The van der Waals surface area contributed by atoms with E-state index in [4.69, 9.17) is 17.3 Å². The van der Waals surface area contributed by atoms with E-state index in [0.29, 0.717) is 11.6 Å². The highest BCUT2D eigenvalue weighted by Crippen LogP contribution is 2.28. The predicted molar refractivity (Wildman–Crippen MR) is 65.0 cm³/mol. The fourth-order valence-electron chi connectivity index (χ4n) is 1.37. The quantitative estimate of drug-likeness (QED) is 0.634. The maximum absolute atomic E-state index is 10.5. The average Bonchev–Trinajstić information content (AvgIpc) is 2.25. The van der Waals surface area contributed by atoms with Crippen molar-refractivity contribution in [3.8, 4) is 0 Å². The topological polar surface area (TPSA) is 72.4 Å². The Hall–Kier alpha value is -1.33. The van der Waals surface area contributed by atoms with E-state index in [0.717, 1.165) is 18.7 Å². The van der Waals surface area contributed by atoms with Gasteiger partial charge in [0, 0.05) is 25.7 Å². The van der Waals surface area contributed by atoms with Gasteiger partial charge in [0.25, 0.3) is 5.69 Å². The third-order valence-corrected chi connectivity index (χ3v) is 2.55. The number of nitro groups is 1. The van der Waals surface area contributed by atoms with Crippen LogP contribution in [-0.4, -0.2) is 25.1 Å². The van der Waals surface area contributed by atoms with E-state index in [9.17, 15) is 10.1 Å². The van der Waals surface area contributed by atoms with Gasteiger partial charge in [0.05, 0.1) is 15.6 Å². The summed E-state index contributed by atoms with van der Waals surface area (Å²) in [6.45, 7) is 1.38. The SMILES string of the molecule is CN(CCCN)c1ccc([N+](=O)[O-])cc1Cl. The molecule has 0 fully saturated rings. The first-order chi connectivity index (χ1) is 7.56. The molecule has 0 unspecified atom stereocenters. The molecular formula is C10H14ClN3O2. The lowest BCUT2D eigenvalue weighted by Gasteiger charge is -2.19. The van der Waals surface area contributed by atoms with Gasteiger partial charge in [0.1, 0.15) is 0 Å². The van der Waals surface area contributed by atoms with Crippen molar-refractivity contribution >= 4 is 23.0 Å². The van der Waals surface area contributed by atoms with Gasteiger partial charge in [-0.05, 0) is 19.0 Å². The summed E-state index contributed by atoms with van der Waals surface area (Å²) in [6.07, 6.45) is 0.851. The number of nitro benzene ring substituents is 1. The molecule has 0 amide bonds. The smallest absolute Gasteiger partial charge is 0.271 e. The standard InChI is InChI=1S/C10H14ClN3O2/c1-13(6-2-5-12)10-4-3-8(14(15)16)7-9(10)11/h3-4,7H,2,5-6,12H2,1H3. The second-order valence-corrected chi connectivity index (χ2v) is 3.86. The van der Waals surface area contributed by atoms with Crippen molar-refractivity contribution in [2.24, 2.45) is 5.73 Å². The number of nitrogens with zero attached hydrogens (tertiary/aromatic N) is 2. The van der Waals surface area contributed by atoms with Gasteiger partial charge < -0.3 is 10.6 Å². The van der Waals surface area contributed by atoms with Crippen LogP contribution < -0.4 is 10.6 Å². The zero-order chi connectivity index (χ0) is 12.1. The van der Waals surface area contributed by atoms with Gasteiger partial charge in [0.2, 0.25) is 0 Å². The van der Waals surface area contributed by atoms with Gasteiger partial charge in [-0.3, -0.25) is 10.1 Å². The van der Waals surface area contributed by atoms with Crippen LogP contribution in [0, 0.1) is 10.1 Å². The summed E-state index contributed by atoms with van der Waals surface area (Å²) in [5, 5.41) is 10.9. The predicted octanol–water partition coefficient (Wildman–Crippen LogP) is 2.03. The fourth-order valence-corrected chi connectivity index (χ4v) is 1.69. The van der Waals surface area contributed by atoms with Gasteiger partial charge in [-0.15, -0.1) is 0 Å². The molecule has 0 aliphatic rings. The van der Waals surface area contributed by atoms with E-state index in [-0.39, 0.29) is 5.69 Å². The number of anilines is 1. The van der Waals surface area contributed by atoms with Crippen molar-refractivity contribution in [2.75, 3.05) is 25.0 Å². The van der Waals surface area contributed by atoms with Crippen LogP contribution in [0.1, 0.15) is 6.42 Å². The molecule has 2 N–H and O–H groups in total. The number of benzene rings is 1. The number of hydrogen-bond acceptors (Lipinski definition) is 4. The second-order valence-electron chi connectivity index (χ2n) is 3.46. The Morgan fingerprint density at radius 2 is 2.25 bits per heavy atom. The molecule has 1 aromatic carbocycles. The van der Waals surface area contributed by atoms with E-state index in [1.807, 2.05) is 11.9 Å². The summed E-state index contributed by atoms with van der Waals surface area (Å²) in [6, 6.07) is 4.45. The lowest BCUT2D eigenvalue weighted by molar-refractivity contribution is -0.384. The molecular weight excluding hydrogens is 230 g/mol. The maximum atomic E-state index is 10.5. The van der Waals surface area contributed by atoms with E-state index >= 15 is 0 Å². The number of non-ortho nitro benzene ring substituents is 1. The lowest BCUT2D eigenvalue weighted by atomic mass is 10.2. The van der Waals surface area contributed by atoms with Crippen molar-refractivity contribution in [3.05, 3.63) is 33.3 Å². The summed E-state index contributed by atoms with van der Waals surface area (Å²) in [7, 11) is 1.88. The average molecular weight is 244 g/mol. The Kier molecular flexibility index (Phi) is 4.52. The number of rotatable bonds is 5. The molecule has 0 saturated carbocycles. The minimum absolute atomic E-state index is 0.000903. The molecule has 0 heterocycles. The van der Waals surface area contributed by atoms with Crippen LogP contribution in [0.4, 0.5) is 11.4 Å². The first-order valence-electron chi connectivity index (χ1n) is 4.91. The summed E-state index contributed by atoms with van der Waals surface area (Å²) in [4.78, 5) is 12.0. The molecule has 0 saturated heterocycles. The third-order valence-electron chi connectivity index (χ3n) is 2.25. The lowest BCUT2D eigenvalue weighted by Crippen LogP contribution is -2.21. The molecule has 1 aromatic rings. The van der Waals surface area contributed by atoms with E-state index in [2.05, 4.69) is 0 Å². The highest BCUT2D eigenvalue weighted by atomic mass is 35.5. The zero-order valence-corrected chi connectivity index (χ0v) is 9.78. The van der Waals surface area contributed by atoms with Crippen LogP contribution in [0.15, 0.2) is 18.2 Å². The second kappa shape index (κ2) is 5.67. The van der Waals surface area contributed by atoms with Crippen LogP contribution in [-0.2, 0) is 0 Å². The largest absolute Gasteiger partial charge is 0.373 e. The molecule has 0 radical (unpaired) electrons. The summed E-state index contributed by atoms with van der Waals surface area (Å²) in [5.74, 6) is 0. The summed E-state index contributed by atoms with van der Waals surface area (Å²) in [5.41, 5.74) is 6.19. The van der Waals surface area contributed by atoms with Crippen molar-refractivity contribution in [2.45, 2.75) is 6.42 Å². The van der Waals surface area contributed by atoms with Crippen LogP contribution >= 0.6 is 11.6 Å². The van der Waals surface area contributed by atoms with Gasteiger partial charge in [0.15, 0.2) is 0 Å². The van der Waals surface area contributed by atoms with Crippen LogP contribution in [0.3, 0.4) is 0 Å². The van der Waals surface area contributed by atoms with Crippen molar-refractivity contribution in [1.29, 1.82) is 0 Å². The molecule has 1 rings (SSSR count). The summed E-state index contributed by atoms with van der Waals surface area (Å²) >= 11 is 5.97. The molecule has 0 aromatic heterocycles. The Labute approximate surface area is 98.9 Å². The normalized spacial score (nSPS) is 10.2. The molecule has 16 heavy (non-hydrogen) atoms. The third kappa shape index (κ3) is 3.08. The molecule has 0 aliphatic heterocycles. The number of nitrogens with two attached hydrogens (primary N) is 1. The van der Waals surface area contributed by atoms with Gasteiger partial charge in [-0.2, -0.15) is 0 Å². The number of halogens is 1. The van der Waals surface area contributed by atoms with E-state index < -0.39 is 4.92 Å². The molecule has 0 atom stereocenters. The Balaban J connectivity index is 2.85. The molecule has 0 aliphatic carbocycles. The Morgan fingerprint density at radius 1 is 1.56 bits per heavy atom. The first-order valence-corrected chi connectivity index (χ1v) is 5.29. The highest BCUT2D eigenvalue weighted by molar-refractivity contribution is 6.33. The fraction of sp³-hybridized carbons (Fsp3) is 0.400. The highest BCUT2D eigenvalue weighted by Gasteiger charge is 2.11. The summed E-state index contributed by atoms with van der Waals surface area (Å²) < 4.78 is 0. The molecule has 5 nitrogen and oxygen atoms in total. The van der Waals surface area contributed by atoms with Crippen LogP contribution in [0.25, 0.3) is 0 Å². The van der Waals surface area contributed by atoms with E-state index in [1.54, 1.807) is 6.07 Å².